The van der Waals surface area contributed by atoms with Crippen molar-refractivity contribution in [3.63, 3.8) is 0 Å². The number of alkyl halides is 5. The van der Waals surface area contributed by atoms with Gasteiger partial charge in [0.1, 0.15) is 18.7 Å². The molecule has 12 nitrogen and oxygen atoms in total. The molecule has 2 aliphatic heterocycles. The summed E-state index contributed by atoms with van der Waals surface area (Å²) < 4.78 is 88.2. The van der Waals surface area contributed by atoms with Gasteiger partial charge in [0.05, 0.1) is 19.8 Å². The van der Waals surface area contributed by atoms with Crippen LogP contribution in [-0.4, -0.2) is 102 Å². The molecule has 2 saturated heterocycles. The van der Waals surface area contributed by atoms with Crippen LogP contribution in [0.2, 0.25) is 0 Å². The number of hydrogen-bond donors (Lipinski definition) is 2. The maximum atomic E-state index is 15.6. The number of halogens is 5. The Hall–Kier alpha value is -4.74. The van der Waals surface area contributed by atoms with Crippen molar-refractivity contribution in [2.75, 3.05) is 32.8 Å². The van der Waals surface area contributed by atoms with E-state index in [4.69, 9.17) is 19.9 Å². The average Bonchev–Trinajstić information content (AvgIpc) is 3.52. The zero-order chi connectivity index (χ0) is 40.9. The molecule has 2 aromatic carbocycles. The minimum Gasteiger partial charge on any atom is -0.418 e. The molecule has 4 amide bonds. The van der Waals surface area contributed by atoms with E-state index in [0.717, 1.165) is 0 Å². The predicted octanol–water partition coefficient (Wildman–Crippen LogP) is 4.73. The zero-order valence-electron chi connectivity index (χ0n) is 31.2. The number of nitrogens with two attached hydrogens (primary N) is 1. The molecule has 2 heterocycles. The summed E-state index contributed by atoms with van der Waals surface area (Å²) in [6.07, 6.45) is -7.82. The van der Waals surface area contributed by atoms with Gasteiger partial charge in [-0.3, -0.25) is 19.2 Å². The lowest BCUT2D eigenvalue weighted by Gasteiger charge is -2.42. The van der Waals surface area contributed by atoms with E-state index >= 15 is 13.6 Å². The molecule has 2 fully saturated rings. The summed E-state index contributed by atoms with van der Waals surface area (Å²) in [6.45, 7) is 6.77. The highest BCUT2D eigenvalue weighted by Gasteiger charge is 2.69. The number of ether oxygens (including phenoxy) is 3. The number of nitrogens with one attached hydrogen (secondary N) is 1. The minimum atomic E-state index is -6.31. The average molecular weight is 782 g/mol. The van der Waals surface area contributed by atoms with Gasteiger partial charge in [0, 0.05) is 43.5 Å². The lowest BCUT2D eigenvalue weighted by Crippen LogP contribution is -2.67. The Morgan fingerprint density at radius 1 is 0.927 bits per heavy atom. The molecule has 0 spiro atoms. The summed E-state index contributed by atoms with van der Waals surface area (Å²) in [4.78, 5) is 69.0. The van der Waals surface area contributed by atoms with Crippen molar-refractivity contribution in [1.82, 2.24) is 10.2 Å². The zero-order valence-corrected chi connectivity index (χ0v) is 31.2. The third-order valence-electron chi connectivity index (χ3n) is 9.57. The van der Waals surface area contributed by atoms with Crippen LogP contribution >= 0.6 is 0 Å². The molecule has 300 valence electrons. The molecular formula is C38H46F5N4O8+. The monoisotopic (exact) mass is 781 g/mol. The van der Waals surface area contributed by atoms with Crippen LogP contribution in [0.25, 0.3) is 0 Å². The van der Waals surface area contributed by atoms with Crippen molar-refractivity contribution in [1.29, 1.82) is 0 Å². The Balaban J connectivity index is 1.85. The number of likely N-dealkylation sites (tertiary alicyclic amines) is 1. The first-order valence-electron chi connectivity index (χ1n) is 17.7. The maximum absolute atomic E-state index is 15.6. The van der Waals surface area contributed by atoms with E-state index in [1.165, 1.54) is 52.0 Å². The van der Waals surface area contributed by atoms with Gasteiger partial charge in [0.25, 0.3) is 17.7 Å². The minimum absolute atomic E-state index is 0.00990. The molecule has 0 aliphatic carbocycles. The standard InChI is InChI=1S/C38H45F5N4O8/c1-22(2)30(45-34(50)26-11-13-27(14-12-26)35(51)46-15-17-53-18-16-46)36(52)47(31(23(3)4)32(55-24(5)48)37(39,40)38(41,42)43)20-28(19-29(47)33(44)49)54-21-25-9-7-6-8-10-25/h6-14,22-23,28-30H,15-21H2,1-5H3,(H2-,44,45,49,50)/p+1/t28-,29-,30-,47-/m0/s1. The number of quaternary nitrogens is 1. The van der Waals surface area contributed by atoms with Crippen LogP contribution in [0.3, 0.4) is 0 Å². The molecule has 0 saturated carbocycles. The molecule has 2 aliphatic rings. The number of carbonyl (C=O) groups is 5. The summed E-state index contributed by atoms with van der Waals surface area (Å²) in [7, 11) is 0. The van der Waals surface area contributed by atoms with E-state index in [2.05, 4.69) is 5.32 Å². The second-order valence-corrected chi connectivity index (χ2v) is 14.2. The van der Waals surface area contributed by atoms with Crippen molar-refractivity contribution in [2.24, 2.45) is 17.6 Å². The number of primary amides is 1. The predicted molar refractivity (Wildman–Crippen MR) is 187 cm³/mol. The van der Waals surface area contributed by atoms with E-state index in [1.807, 2.05) is 0 Å². The highest BCUT2D eigenvalue weighted by Crippen LogP contribution is 2.49. The Bertz CT molecular complexity index is 1760. The van der Waals surface area contributed by atoms with Crippen LogP contribution in [-0.2, 0) is 35.2 Å². The Morgan fingerprint density at radius 2 is 1.51 bits per heavy atom. The van der Waals surface area contributed by atoms with Crippen LogP contribution < -0.4 is 11.1 Å². The van der Waals surface area contributed by atoms with Crippen molar-refractivity contribution >= 4 is 29.6 Å². The lowest BCUT2D eigenvalue weighted by molar-refractivity contribution is -0.827. The van der Waals surface area contributed by atoms with Gasteiger partial charge in [-0.2, -0.15) is 22.0 Å². The molecule has 3 N–H and O–H groups in total. The van der Waals surface area contributed by atoms with Crippen LogP contribution in [0.1, 0.15) is 67.3 Å². The fourth-order valence-electron chi connectivity index (χ4n) is 6.98. The normalized spacial score (nSPS) is 21.6. The number of benzene rings is 2. The molecule has 55 heavy (non-hydrogen) atoms. The number of nitrogens with zero attached hydrogens (tertiary/aromatic N) is 2. The number of amides is 4. The molecular weight excluding hydrogens is 735 g/mol. The topological polar surface area (TPSA) is 154 Å². The number of esters is 1. The largest absolute Gasteiger partial charge is 0.461 e. The Labute approximate surface area is 315 Å². The molecule has 0 radical (unpaired) electrons. The van der Waals surface area contributed by atoms with Gasteiger partial charge < -0.3 is 30.2 Å². The Kier molecular flexibility index (Phi) is 13.6. The second-order valence-electron chi connectivity index (χ2n) is 14.2. The van der Waals surface area contributed by atoms with Gasteiger partial charge in [-0.25, -0.2) is 9.28 Å². The number of morpholine rings is 1. The van der Waals surface area contributed by atoms with Gasteiger partial charge in [0.15, 0.2) is 11.7 Å². The van der Waals surface area contributed by atoms with Gasteiger partial charge in [0.2, 0.25) is 5.76 Å². The molecule has 0 unspecified atom stereocenters. The number of allylic oxidation sites excluding steroid dienone is 2. The highest BCUT2D eigenvalue weighted by atomic mass is 19.4. The number of carbonyl (C=O) groups excluding carboxylic acids is 5. The summed E-state index contributed by atoms with van der Waals surface area (Å²) in [5, 5.41) is 2.57. The first-order chi connectivity index (χ1) is 25.7. The summed E-state index contributed by atoms with van der Waals surface area (Å²) >= 11 is 0. The molecule has 2 aromatic rings. The molecule has 4 atom stereocenters. The van der Waals surface area contributed by atoms with Crippen LogP contribution in [0.5, 0.6) is 0 Å². The van der Waals surface area contributed by atoms with Crippen LogP contribution in [0.15, 0.2) is 66.1 Å². The SMILES string of the molecule is CC(=O)OC(=C(C(C)C)[N@+]1(C(=O)[C@@H](NC(=O)c2ccc(C(=O)N3CCOCC3)cc2)C(C)C)C[C@@H](OCc2ccccc2)C[C@H]1C(N)=O)C(F)(F)C(F)(F)F. The molecule has 0 bridgehead atoms. The van der Waals surface area contributed by atoms with Crippen molar-refractivity contribution < 1.29 is 64.6 Å². The number of rotatable bonds is 13. The fraction of sp³-hybridized carbons (Fsp3) is 0.500. The van der Waals surface area contributed by atoms with Gasteiger partial charge in [-0.1, -0.05) is 58.0 Å². The first kappa shape index (κ1) is 43.0. The Morgan fingerprint density at radius 3 is 2.02 bits per heavy atom. The van der Waals surface area contributed by atoms with Gasteiger partial charge >= 0.3 is 24.0 Å². The number of hydrogen-bond acceptors (Lipinski definition) is 8. The smallest absolute Gasteiger partial charge is 0.418 e. The summed E-state index contributed by atoms with van der Waals surface area (Å²) in [6, 6.07) is 10.7. The van der Waals surface area contributed by atoms with Crippen molar-refractivity contribution in [3.05, 3.63) is 82.7 Å². The van der Waals surface area contributed by atoms with E-state index < -0.39 is 94.7 Å². The second kappa shape index (κ2) is 17.4. The first-order valence-corrected chi connectivity index (χ1v) is 17.7. The van der Waals surface area contributed by atoms with Crippen LogP contribution in [0.4, 0.5) is 22.0 Å². The lowest BCUT2D eigenvalue weighted by atomic mass is 9.94. The van der Waals surface area contributed by atoms with E-state index in [1.54, 1.807) is 35.2 Å². The van der Waals surface area contributed by atoms with E-state index in [9.17, 15) is 32.3 Å². The third kappa shape index (κ3) is 9.39. The molecule has 0 aromatic heterocycles. The molecule has 17 heteroatoms. The van der Waals surface area contributed by atoms with Crippen molar-refractivity contribution in [2.45, 2.75) is 77.9 Å². The highest BCUT2D eigenvalue weighted by molar-refractivity contribution is 5.99. The van der Waals surface area contributed by atoms with Gasteiger partial charge in [-0.15, -0.1) is 0 Å². The van der Waals surface area contributed by atoms with E-state index in [0.29, 0.717) is 38.8 Å². The third-order valence-corrected chi connectivity index (χ3v) is 9.57. The van der Waals surface area contributed by atoms with Crippen molar-refractivity contribution in [3.8, 4) is 0 Å². The van der Waals surface area contributed by atoms with Gasteiger partial charge in [-0.05, 0) is 35.7 Å². The summed E-state index contributed by atoms with van der Waals surface area (Å²) in [5.74, 6) is -15.3. The maximum Gasteiger partial charge on any atom is 0.461 e. The van der Waals surface area contributed by atoms with E-state index in [-0.39, 0.29) is 23.6 Å². The van der Waals surface area contributed by atoms with Crippen LogP contribution in [0, 0.1) is 11.8 Å². The molecule has 4 rings (SSSR count). The quantitative estimate of drug-likeness (QED) is 0.128. The summed E-state index contributed by atoms with van der Waals surface area (Å²) in [5.41, 5.74) is 5.74. The fourth-order valence-corrected chi connectivity index (χ4v) is 6.98.